The number of aliphatic hydroxyl groups excluding tert-OH is 1. The van der Waals surface area contributed by atoms with Gasteiger partial charge in [0.05, 0.1) is 6.10 Å². The second kappa shape index (κ2) is 7.81. The zero-order chi connectivity index (χ0) is 15.2. The molecule has 0 aliphatic rings. The molecule has 0 bridgehead atoms. The molecule has 21 heavy (non-hydrogen) atoms. The maximum absolute atomic E-state index is 10.2. The molecule has 2 unspecified atom stereocenters. The predicted molar refractivity (Wildman–Crippen MR) is 88.9 cm³/mol. The Bertz CT molecular complexity index is 574. The van der Waals surface area contributed by atoms with Crippen LogP contribution in [0.25, 0.3) is 0 Å². The average molecular weight is 324 g/mol. The third-order valence-corrected chi connectivity index (χ3v) is 4.05. The van der Waals surface area contributed by atoms with E-state index in [1.54, 1.807) is 6.07 Å². The lowest BCUT2D eigenvalue weighted by molar-refractivity contribution is 0.169. The number of hydrogen-bond acceptors (Lipinski definition) is 2. The smallest absolute Gasteiger partial charge is 0.0914 e. The molecule has 0 aliphatic carbocycles. The predicted octanol–water partition coefficient (Wildman–Crippen LogP) is 4.77. The van der Waals surface area contributed by atoms with E-state index in [2.05, 4.69) is 12.2 Å². The van der Waals surface area contributed by atoms with Crippen LogP contribution in [0, 0.1) is 0 Å². The van der Waals surface area contributed by atoms with E-state index in [9.17, 15) is 5.11 Å². The van der Waals surface area contributed by atoms with E-state index in [0.717, 1.165) is 17.5 Å². The lowest BCUT2D eigenvalue weighted by Crippen LogP contribution is -2.26. The molecule has 2 N–H and O–H groups in total. The third kappa shape index (κ3) is 4.45. The van der Waals surface area contributed by atoms with Crippen LogP contribution in [0.15, 0.2) is 48.5 Å². The molecular formula is C17H19Cl2NO. The quantitative estimate of drug-likeness (QED) is 0.802. The van der Waals surface area contributed by atoms with E-state index in [1.807, 2.05) is 42.5 Å². The SMILES string of the molecule is CCC(NCC(O)c1ccccc1)c1ccc(Cl)cc1Cl. The van der Waals surface area contributed by atoms with E-state index in [4.69, 9.17) is 23.2 Å². The Morgan fingerprint density at radius 1 is 1.10 bits per heavy atom. The van der Waals surface area contributed by atoms with Gasteiger partial charge in [0.2, 0.25) is 0 Å². The molecular weight excluding hydrogens is 305 g/mol. The third-order valence-electron chi connectivity index (χ3n) is 3.49. The van der Waals surface area contributed by atoms with Gasteiger partial charge < -0.3 is 10.4 Å². The fourth-order valence-electron chi connectivity index (χ4n) is 2.31. The molecule has 4 heteroatoms. The first kappa shape index (κ1) is 16.3. The van der Waals surface area contributed by atoms with Crippen molar-refractivity contribution in [1.29, 1.82) is 0 Å². The van der Waals surface area contributed by atoms with Crippen molar-refractivity contribution in [2.75, 3.05) is 6.54 Å². The van der Waals surface area contributed by atoms with Crippen LogP contribution in [0.3, 0.4) is 0 Å². The van der Waals surface area contributed by atoms with Gasteiger partial charge in [-0.25, -0.2) is 0 Å². The van der Waals surface area contributed by atoms with Crippen LogP contribution in [0.5, 0.6) is 0 Å². The lowest BCUT2D eigenvalue weighted by atomic mass is 10.0. The van der Waals surface area contributed by atoms with Crippen molar-refractivity contribution in [2.45, 2.75) is 25.5 Å². The van der Waals surface area contributed by atoms with Gasteiger partial charge in [0.25, 0.3) is 0 Å². The molecule has 0 fully saturated rings. The highest BCUT2D eigenvalue weighted by atomic mass is 35.5. The molecule has 0 saturated heterocycles. The number of rotatable bonds is 6. The molecule has 2 rings (SSSR count). The number of aliphatic hydroxyl groups is 1. The molecule has 0 aliphatic heterocycles. The minimum absolute atomic E-state index is 0.0909. The van der Waals surface area contributed by atoms with Crippen LogP contribution in [-0.4, -0.2) is 11.7 Å². The Balaban J connectivity index is 2.03. The van der Waals surface area contributed by atoms with Crippen molar-refractivity contribution in [2.24, 2.45) is 0 Å². The van der Waals surface area contributed by atoms with Gasteiger partial charge in [-0.1, -0.05) is 66.5 Å². The molecule has 0 saturated carbocycles. The maximum Gasteiger partial charge on any atom is 0.0914 e. The molecule has 0 aromatic heterocycles. The van der Waals surface area contributed by atoms with Gasteiger partial charge >= 0.3 is 0 Å². The van der Waals surface area contributed by atoms with Crippen molar-refractivity contribution < 1.29 is 5.11 Å². The van der Waals surface area contributed by atoms with Crippen LogP contribution < -0.4 is 5.32 Å². The zero-order valence-corrected chi connectivity index (χ0v) is 13.4. The van der Waals surface area contributed by atoms with Gasteiger partial charge in [0, 0.05) is 22.6 Å². The number of hydrogen-bond donors (Lipinski definition) is 2. The Morgan fingerprint density at radius 2 is 1.81 bits per heavy atom. The molecule has 2 aromatic carbocycles. The number of nitrogens with one attached hydrogen (secondary N) is 1. The highest BCUT2D eigenvalue weighted by molar-refractivity contribution is 6.35. The van der Waals surface area contributed by atoms with Gasteiger partial charge in [-0.15, -0.1) is 0 Å². The van der Waals surface area contributed by atoms with Gasteiger partial charge in [0.15, 0.2) is 0 Å². The van der Waals surface area contributed by atoms with Gasteiger partial charge in [-0.3, -0.25) is 0 Å². The van der Waals surface area contributed by atoms with Gasteiger partial charge in [-0.2, -0.15) is 0 Å². The molecule has 0 heterocycles. The van der Waals surface area contributed by atoms with Crippen LogP contribution in [0.2, 0.25) is 10.0 Å². The summed E-state index contributed by atoms with van der Waals surface area (Å²) >= 11 is 12.2. The lowest BCUT2D eigenvalue weighted by Gasteiger charge is -2.21. The van der Waals surface area contributed by atoms with Crippen LogP contribution in [0.4, 0.5) is 0 Å². The number of halogens is 2. The summed E-state index contributed by atoms with van der Waals surface area (Å²) in [6.07, 6.45) is 0.342. The topological polar surface area (TPSA) is 32.3 Å². The first-order valence-electron chi connectivity index (χ1n) is 7.03. The minimum Gasteiger partial charge on any atom is -0.387 e. The minimum atomic E-state index is -0.536. The fourth-order valence-corrected chi connectivity index (χ4v) is 2.85. The monoisotopic (exact) mass is 323 g/mol. The summed E-state index contributed by atoms with van der Waals surface area (Å²) in [5.74, 6) is 0. The Hall–Kier alpha value is -1.06. The molecule has 2 atom stereocenters. The molecule has 2 nitrogen and oxygen atoms in total. The van der Waals surface area contributed by atoms with Crippen LogP contribution >= 0.6 is 23.2 Å². The van der Waals surface area contributed by atoms with E-state index >= 15 is 0 Å². The van der Waals surface area contributed by atoms with Crippen molar-refractivity contribution in [3.8, 4) is 0 Å². The molecule has 0 amide bonds. The van der Waals surface area contributed by atoms with E-state index < -0.39 is 6.10 Å². The van der Waals surface area contributed by atoms with Crippen molar-refractivity contribution in [3.63, 3.8) is 0 Å². The first-order valence-corrected chi connectivity index (χ1v) is 7.78. The Kier molecular flexibility index (Phi) is 6.07. The molecule has 2 aromatic rings. The zero-order valence-electron chi connectivity index (χ0n) is 11.9. The second-order valence-electron chi connectivity index (χ2n) is 4.96. The maximum atomic E-state index is 10.2. The van der Waals surface area contributed by atoms with Crippen LogP contribution in [-0.2, 0) is 0 Å². The molecule has 0 radical (unpaired) electrons. The highest BCUT2D eigenvalue weighted by Gasteiger charge is 2.15. The number of benzene rings is 2. The Labute approximate surface area is 135 Å². The van der Waals surface area contributed by atoms with Crippen LogP contribution in [0.1, 0.15) is 36.6 Å². The van der Waals surface area contributed by atoms with Crippen molar-refractivity contribution in [3.05, 3.63) is 69.7 Å². The average Bonchev–Trinajstić information content (AvgIpc) is 2.50. The molecule has 112 valence electrons. The summed E-state index contributed by atoms with van der Waals surface area (Å²) in [7, 11) is 0. The summed E-state index contributed by atoms with van der Waals surface area (Å²) in [5.41, 5.74) is 1.91. The van der Waals surface area contributed by atoms with Crippen molar-refractivity contribution >= 4 is 23.2 Å². The highest BCUT2D eigenvalue weighted by Crippen LogP contribution is 2.28. The molecule has 0 spiro atoms. The first-order chi connectivity index (χ1) is 10.1. The summed E-state index contributed by atoms with van der Waals surface area (Å²) in [6.45, 7) is 2.55. The standard InChI is InChI=1S/C17H19Cl2NO/c1-2-16(14-9-8-13(18)10-15(14)19)20-11-17(21)12-6-4-3-5-7-12/h3-10,16-17,20-21H,2,11H2,1H3. The second-order valence-corrected chi connectivity index (χ2v) is 5.81. The van der Waals surface area contributed by atoms with Gasteiger partial charge in [-0.05, 0) is 29.7 Å². The van der Waals surface area contributed by atoms with Crippen molar-refractivity contribution in [1.82, 2.24) is 5.32 Å². The summed E-state index contributed by atoms with van der Waals surface area (Å²) < 4.78 is 0. The summed E-state index contributed by atoms with van der Waals surface area (Å²) in [4.78, 5) is 0. The Morgan fingerprint density at radius 3 is 2.43 bits per heavy atom. The van der Waals surface area contributed by atoms with E-state index in [0.29, 0.717) is 16.6 Å². The normalized spacial score (nSPS) is 13.9. The summed E-state index contributed by atoms with van der Waals surface area (Å²) in [6, 6.07) is 15.2. The summed E-state index contributed by atoms with van der Waals surface area (Å²) in [5, 5.41) is 14.9. The largest absolute Gasteiger partial charge is 0.387 e. The van der Waals surface area contributed by atoms with E-state index in [-0.39, 0.29) is 6.04 Å². The van der Waals surface area contributed by atoms with Gasteiger partial charge in [0.1, 0.15) is 0 Å². The van der Waals surface area contributed by atoms with E-state index in [1.165, 1.54) is 0 Å². The fraction of sp³-hybridized carbons (Fsp3) is 0.294.